The smallest absolute Gasteiger partial charge is 0.306 e. The van der Waals surface area contributed by atoms with Crippen molar-refractivity contribution in [3.05, 3.63) is 12.2 Å². The lowest BCUT2D eigenvalue weighted by atomic mass is 10.3. The molecule has 0 spiro atoms. The molecule has 0 radical (unpaired) electrons. The zero-order valence-electron chi connectivity index (χ0n) is 7.96. The summed E-state index contributed by atoms with van der Waals surface area (Å²) in [6.07, 6.45) is 8.73. The number of allylic oxidation sites excluding steroid dienone is 2. The number of hydrogen-bond donors (Lipinski definition) is 0. The third kappa shape index (κ3) is 7.99. The fourth-order valence-electron chi connectivity index (χ4n) is 0.541. The minimum absolute atomic E-state index is 0.264. The normalized spacial score (nSPS) is 7.71. The molecule has 0 heterocycles. The SMILES string of the molecule is C#C/C=C/C#CC#CCCC(=O)OC. The van der Waals surface area contributed by atoms with Crippen LogP contribution >= 0.6 is 0 Å². The summed E-state index contributed by atoms with van der Waals surface area (Å²) in [5, 5.41) is 0. The topological polar surface area (TPSA) is 26.3 Å². The largest absolute Gasteiger partial charge is 0.469 e. The number of carbonyl (C=O) groups excluding carboxylic acids is 1. The summed E-state index contributed by atoms with van der Waals surface area (Å²) < 4.78 is 4.43. The molecule has 0 rings (SSSR count). The zero-order chi connectivity index (χ0) is 10.6. The zero-order valence-corrected chi connectivity index (χ0v) is 7.96. The predicted molar refractivity (Wildman–Crippen MR) is 54.8 cm³/mol. The molecule has 0 aliphatic carbocycles. The van der Waals surface area contributed by atoms with E-state index in [2.05, 4.69) is 34.3 Å². The number of carbonyl (C=O) groups is 1. The van der Waals surface area contributed by atoms with E-state index in [1.807, 2.05) is 0 Å². The minimum Gasteiger partial charge on any atom is -0.469 e. The summed E-state index contributed by atoms with van der Waals surface area (Å²) in [6.45, 7) is 0. The van der Waals surface area contributed by atoms with Gasteiger partial charge < -0.3 is 4.74 Å². The Kier molecular flexibility index (Phi) is 7.63. The first-order chi connectivity index (χ1) is 6.81. The molecule has 0 aromatic heterocycles. The average molecular weight is 186 g/mol. The van der Waals surface area contributed by atoms with Crippen LogP contribution in [0.25, 0.3) is 0 Å². The number of ether oxygens (including phenoxy) is 1. The van der Waals surface area contributed by atoms with Gasteiger partial charge in [0.25, 0.3) is 0 Å². The highest BCUT2D eigenvalue weighted by molar-refractivity contribution is 5.69. The second-order valence-electron chi connectivity index (χ2n) is 2.15. The molecular weight excluding hydrogens is 176 g/mol. The predicted octanol–water partition coefficient (Wildman–Crippen LogP) is 1.14. The number of esters is 1. The van der Waals surface area contributed by atoms with Gasteiger partial charge in [0.05, 0.1) is 13.5 Å². The van der Waals surface area contributed by atoms with Crippen LogP contribution in [0.3, 0.4) is 0 Å². The Labute approximate surface area is 84.3 Å². The van der Waals surface area contributed by atoms with Crippen molar-refractivity contribution in [1.29, 1.82) is 0 Å². The Morgan fingerprint density at radius 3 is 2.86 bits per heavy atom. The molecule has 2 nitrogen and oxygen atoms in total. The highest BCUT2D eigenvalue weighted by Gasteiger charge is 1.94. The summed E-state index contributed by atoms with van der Waals surface area (Å²) in [7, 11) is 1.35. The molecule has 0 unspecified atom stereocenters. The average Bonchev–Trinajstić information content (AvgIpc) is 2.21. The Morgan fingerprint density at radius 2 is 2.21 bits per heavy atom. The molecule has 0 fully saturated rings. The van der Waals surface area contributed by atoms with Gasteiger partial charge in [0.15, 0.2) is 0 Å². The first kappa shape index (κ1) is 11.9. The lowest BCUT2D eigenvalue weighted by Gasteiger charge is -1.91. The van der Waals surface area contributed by atoms with Crippen molar-refractivity contribution >= 4 is 5.97 Å². The van der Waals surface area contributed by atoms with Gasteiger partial charge in [-0.1, -0.05) is 17.8 Å². The van der Waals surface area contributed by atoms with Gasteiger partial charge in [0, 0.05) is 6.42 Å². The molecule has 14 heavy (non-hydrogen) atoms. The van der Waals surface area contributed by atoms with Crippen LogP contribution in [0.1, 0.15) is 12.8 Å². The Balaban J connectivity index is 3.73. The number of methoxy groups -OCH3 is 1. The summed E-state index contributed by atoms with van der Waals surface area (Å²) in [4.78, 5) is 10.6. The molecule has 0 bridgehead atoms. The Morgan fingerprint density at radius 1 is 1.43 bits per heavy atom. The van der Waals surface area contributed by atoms with E-state index in [0.717, 1.165) is 0 Å². The van der Waals surface area contributed by atoms with Crippen LogP contribution in [0.5, 0.6) is 0 Å². The van der Waals surface area contributed by atoms with E-state index in [0.29, 0.717) is 12.8 Å². The molecule has 0 saturated carbocycles. The van der Waals surface area contributed by atoms with Crippen molar-refractivity contribution in [2.45, 2.75) is 12.8 Å². The van der Waals surface area contributed by atoms with Gasteiger partial charge >= 0.3 is 5.97 Å². The highest BCUT2D eigenvalue weighted by atomic mass is 16.5. The van der Waals surface area contributed by atoms with Crippen LogP contribution in [-0.4, -0.2) is 13.1 Å². The van der Waals surface area contributed by atoms with Crippen molar-refractivity contribution in [3.8, 4) is 36.0 Å². The maximum atomic E-state index is 10.6. The molecule has 0 aromatic rings. The van der Waals surface area contributed by atoms with E-state index in [1.54, 1.807) is 0 Å². The van der Waals surface area contributed by atoms with Crippen molar-refractivity contribution in [1.82, 2.24) is 0 Å². The van der Waals surface area contributed by atoms with Gasteiger partial charge in [0.1, 0.15) is 0 Å². The lowest BCUT2D eigenvalue weighted by molar-refractivity contribution is -0.140. The van der Waals surface area contributed by atoms with E-state index in [4.69, 9.17) is 6.42 Å². The first-order valence-electron chi connectivity index (χ1n) is 3.97. The maximum absolute atomic E-state index is 10.6. The second kappa shape index (κ2) is 8.98. The van der Waals surface area contributed by atoms with Crippen LogP contribution in [0.2, 0.25) is 0 Å². The van der Waals surface area contributed by atoms with Gasteiger partial charge in [-0.3, -0.25) is 4.79 Å². The molecule has 0 amide bonds. The third-order valence-corrected chi connectivity index (χ3v) is 1.17. The summed E-state index contributed by atoms with van der Waals surface area (Å²) in [5.41, 5.74) is 0. The minimum atomic E-state index is -0.264. The van der Waals surface area contributed by atoms with E-state index in [-0.39, 0.29) is 5.97 Å². The molecule has 0 aliphatic heterocycles. The van der Waals surface area contributed by atoms with Crippen molar-refractivity contribution < 1.29 is 9.53 Å². The van der Waals surface area contributed by atoms with Crippen LogP contribution in [-0.2, 0) is 9.53 Å². The quantitative estimate of drug-likeness (QED) is 0.477. The fourth-order valence-corrected chi connectivity index (χ4v) is 0.541. The van der Waals surface area contributed by atoms with Crippen molar-refractivity contribution in [3.63, 3.8) is 0 Å². The molecular formula is C12H10O2. The summed E-state index contributed by atoms with van der Waals surface area (Å²) in [5.74, 6) is 12.5. The molecule has 0 aliphatic rings. The van der Waals surface area contributed by atoms with Crippen molar-refractivity contribution in [2.24, 2.45) is 0 Å². The fraction of sp³-hybridized carbons (Fsp3) is 0.250. The molecule has 70 valence electrons. The third-order valence-electron chi connectivity index (χ3n) is 1.17. The molecule has 0 atom stereocenters. The Bertz CT molecular complexity index is 361. The van der Waals surface area contributed by atoms with E-state index in [9.17, 15) is 4.79 Å². The van der Waals surface area contributed by atoms with Crippen LogP contribution < -0.4 is 0 Å². The number of hydrogen-bond acceptors (Lipinski definition) is 2. The van der Waals surface area contributed by atoms with Crippen LogP contribution in [0, 0.1) is 36.0 Å². The van der Waals surface area contributed by atoms with Gasteiger partial charge in [0.2, 0.25) is 0 Å². The van der Waals surface area contributed by atoms with E-state index < -0.39 is 0 Å². The highest BCUT2D eigenvalue weighted by Crippen LogP contribution is 1.88. The number of terminal acetylenes is 1. The molecule has 0 aromatic carbocycles. The monoisotopic (exact) mass is 186 g/mol. The van der Waals surface area contributed by atoms with E-state index in [1.165, 1.54) is 19.3 Å². The van der Waals surface area contributed by atoms with Crippen molar-refractivity contribution in [2.75, 3.05) is 7.11 Å². The molecule has 0 saturated heterocycles. The van der Waals surface area contributed by atoms with Gasteiger partial charge in [-0.25, -0.2) is 0 Å². The maximum Gasteiger partial charge on any atom is 0.306 e. The standard InChI is InChI=1S/C12H10O2/c1-3-4-5-6-7-8-9-10-11-12(13)14-2/h1,4-5H,10-11H2,2H3/b5-4+. The lowest BCUT2D eigenvalue weighted by Crippen LogP contribution is -1.97. The molecule has 2 heteroatoms. The molecule has 0 N–H and O–H groups in total. The van der Waals surface area contributed by atoms with Crippen LogP contribution in [0.4, 0.5) is 0 Å². The van der Waals surface area contributed by atoms with Gasteiger partial charge in [-0.2, -0.15) is 0 Å². The summed E-state index contributed by atoms with van der Waals surface area (Å²) >= 11 is 0. The first-order valence-corrected chi connectivity index (χ1v) is 3.97. The summed E-state index contributed by atoms with van der Waals surface area (Å²) in [6, 6.07) is 0. The van der Waals surface area contributed by atoms with Gasteiger partial charge in [-0.05, 0) is 24.0 Å². The number of rotatable bonds is 2. The van der Waals surface area contributed by atoms with E-state index >= 15 is 0 Å². The van der Waals surface area contributed by atoms with Gasteiger partial charge in [-0.15, -0.1) is 6.42 Å². The van der Waals surface area contributed by atoms with Crippen LogP contribution in [0.15, 0.2) is 12.2 Å². The Hall–Kier alpha value is -2.11. The second-order valence-corrected chi connectivity index (χ2v) is 2.15.